The molecule has 0 saturated heterocycles. The number of hydrogen-bond acceptors (Lipinski definition) is 4. The first kappa shape index (κ1) is 24.8. The second-order valence-electron chi connectivity index (χ2n) is 8.07. The molecule has 2 amide bonds. The summed E-state index contributed by atoms with van der Waals surface area (Å²) in [5, 5.41) is 2.90. The van der Waals surface area contributed by atoms with Gasteiger partial charge in [0.05, 0.1) is 7.11 Å². The van der Waals surface area contributed by atoms with Crippen LogP contribution >= 0.6 is 0 Å². The van der Waals surface area contributed by atoms with Crippen LogP contribution in [0.1, 0.15) is 23.6 Å². The summed E-state index contributed by atoms with van der Waals surface area (Å²) in [5.41, 5.74) is 3.07. The van der Waals surface area contributed by atoms with Gasteiger partial charge in [-0.3, -0.25) is 9.59 Å². The third-order valence-electron chi connectivity index (χ3n) is 5.52. The molecule has 0 unspecified atom stereocenters. The van der Waals surface area contributed by atoms with Crippen LogP contribution in [0, 0.1) is 6.92 Å². The van der Waals surface area contributed by atoms with Crippen molar-refractivity contribution in [2.45, 2.75) is 32.9 Å². The van der Waals surface area contributed by atoms with Crippen molar-refractivity contribution >= 4 is 11.8 Å². The van der Waals surface area contributed by atoms with Crippen LogP contribution in [0.2, 0.25) is 0 Å². The number of methoxy groups -OCH3 is 1. The van der Waals surface area contributed by atoms with Crippen LogP contribution in [0.5, 0.6) is 11.5 Å². The summed E-state index contributed by atoms with van der Waals surface area (Å²) in [4.78, 5) is 28.2. The van der Waals surface area contributed by atoms with E-state index in [9.17, 15) is 9.59 Å². The molecule has 6 nitrogen and oxygen atoms in total. The molecule has 3 aromatic rings. The second-order valence-corrected chi connectivity index (χ2v) is 8.07. The van der Waals surface area contributed by atoms with Crippen LogP contribution in [0.15, 0.2) is 78.9 Å². The van der Waals surface area contributed by atoms with E-state index < -0.39 is 6.04 Å². The summed E-state index contributed by atoms with van der Waals surface area (Å²) < 4.78 is 10.9. The molecule has 0 aliphatic carbocycles. The molecule has 178 valence electrons. The van der Waals surface area contributed by atoms with Gasteiger partial charge in [0.1, 0.15) is 17.5 Å². The molecular formula is C28H32N2O4. The van der Waals surface area contributed by atoms with Crippen molar-refractivity contribution in [3.63, 3.8) is 0 Å². The van der Waals surface area contributed by atoms with E-state index >= 15 is 0 Å². The molecule has 0 aliphatic rings. The van der Waals surface area contributed by atoms with E-state index in [2.05, 4.69) is 5.32 Å². The first-order valence-electron chi connectivity index (χ1n) is 11.4. The van der Waals surface area contributed by atoms with Gasteiger partial charge in [-0.2, -0.15) is 0 Å². The molecule has 0 aromatic heterocycles. The minimum Gasteiger partial charge on any atom is -0.497 e. The first-order chi connectivity index (χ1) is 16.5. The van der Waals surface area contributed by atoms with Gasteiger partial charge < -0.3 is 19.7 Å². The van der Waals surface area contributed by atoms with E-state index in [0.717, 1.165) is 16.7 Å². The highest BCUT2D eigenvalue weighted by molar-refractivity contribution is 5.88. The monoisotopic (exact) mass is 460 g/mol. The van der Waals surface area contributed by atoms with Crippen molar-refractivity contribution in [3.8, 4) is 11.5 Å². The zero-order valence-corrected chi connectivity index (χ0v) is 20.0. The van der Waals surface area contributed by atoms with Crippen LogP contribution in [0.4, 0.5) is 0 Å². The Morgan fingerprint density at radius 2 is 1.53 bits per heavy atom. The summed E-state index contributed by atoms with van der Waals surface area (Å²) in [6, 6.07) is 24.1. The van der Waals surface area contributed by atoms with Crippen molar-refractivity contribution in [3.05, 3.63) is 95.6 Å². The summed E-state index contributed by atoms with van der Waals surface area (Å²) in [6.45, 7) is 4.50. The lowest BCUT2D eigenvalue weighted by Crippen LogP contribution is -2.51. The Morgan fingerprint density at radius 1 is 0.882 bits per heavy atom. The van der Waals surface area contributed by atoms with E-state index in [1.807, 2.05) is 68.4 Å². The Labute approximate surface area is 201 Å². The molecule has 0 radical (unpaired) electrons. The summed E-state index contributed by atoms with van der Waals surface area (Å²) >= 11 is 0. The highest BCUT2D eigenvalue weighted by Crippen LogP contribution is 2.19. The molecule has 0 aliphatic heterocycles. The number of likely N-dealkylation sites (N-methyl/N-ethyl adjacent to an activating group) is 1. The van der Waals surface area contributed by atoms with Crippen LogP contribution < -0.4 is 14.8 Å². The Kier molecular flexibility index (Phi) is 9.09. The number of benzene rings is 3. The average Bonchev–Trinajstić information content (AvgIpc) is 2.87. The van der Waals surface area contributed by atoms with E-state index in [-0.39, 0.29) is 18.4 Å². The summed E-state index contributed by atoms with van der Waals surface area (Å²) in [6.07, 6.45) is 0.410. The molecule has 3 aromatic carbocycles. The largest absolute Gasteiger partial charge is 0.497 e. The maximum absolute atomic E-state index is 13.4. The predicted octanol–water partition coefficient (Wildman–Crippen LogP) is 4.16. The third-order valence-corrected chi connectivity index (χ3v) is 5.52. The van der Waals surface area contributed by atoms with Crippen molar-refractivity contribution in [1.82, 2.24) is 10.2 Å². The maximum atomic E-state index is 13.4. The smallest absolute Gasteiger partial charge is 0.261 e. The number of aryl methyl sites for hydroxylation is 1. The zero-order valence-electron chi connectivity index (χ0n) is 20.0. The summed E-state index contributed by atoms with van der Waals surface area (Å²) in [5.74, 6) is 0.820. The van der Waals surface area contributed by atoms with Gasteiger partial charge in [-0.1, -0.05) is 60.2 Å². The predicted molar refractivity (Wildman–Crippen MR) is 133 cm³/mol. The first-order valence-corrected chi connectivity index (χ1v) is 11.4. The fourth-order valence-electron chi connectivity index (χ4n) is 3.64. The highest BCUT2D eigenvalue weighted by atomic mass is 16.5. The minimum atomic E-state index is -0.671. The molecule has 34 heavy (non-hydrogen) atoms. The molecule has 0 saturated carbocycles. The van der Waals surface area contributed by atoms with Crippen LogP contribution in [0.25, 0.3) is 0 Å². The fraction of sp³-hybridized carbons (Fsp3) is 0.286. The standard InChI is InChI=1S/C28H32N2O4/c1-4-29-28(32)26(18-22-8-6-5-7-9-22)30(19-23-12-10-21(2)11-13-23)27(31)20-34-25-16-14-24(33-3)15-17-25/h5-17,26H,4,18-20H2,1-3H3,(H,29,32)/t26-/m0/s1. The normalized spacial score (nSPS) is 11.4. The molecule has 1 N–H and O–H groups in total. The average molecular weight is 461 g/mol. The Balaban J connectivity index is 1.85. The molecular weight excluding hydrogens is 428 g/mol. The van der Waals surface area contributed by atoms with Gasteiger partial charge in [-0.15, -0.1) is 0 Å². The lowest BCUT2D eigenvalue weighted by atomic mass is 10.0. The molecule has 0 fully saturated rings. The lowest BCUT2D eigenvalue weighted by molar-refractivity contribution is -0.142. The Hall–Kier alpha value is -3.80. The van der Waals surface area contributed by atoms with Gasteiger partial charge >= 0.3 is 0 Å². The number of rotatable bonds is 11. The molecule has 0 bridgehead atoms. The molecule has 6 heteroatoms. The molecule has 1 atom stereocenters. The van der Waals surface area contributed by atoms with E-state index in [0.29, 0.717) is 31.0 Å². The van der Waals surface area contributed by atoms with Gasteiger partial charge in [-0.25, -0.2) is 0 Å². The van der Waals surface area contributed by atoms with E-state index in [1.165, 1.54) is 0 Å². The van der Waals surface area contributed by atoms with Crippen LogP contribution in [0.3, 0.4) is 0 Å². The van der Waals surface area contributed by atoms with Gasteiger partial charge in [0, 0.05) is 19.5 Å². The van der Waals surface area contributed by atoms with Crippen molar-refractivity contribution in [1.29, 1.82) is 0 Å². The van der Waals surface area contributed by atoms with Gasteiger partial charge in [0.25, 0.3) is 5.91 Å². The number of carbonyl (C=O) groups is 2. The minimum absolute atomic E-state index is 0.178. The summed E-state index contributed by atoms with van der Waals surface area (Å²) in [7, 11) is 1.59. The van der Waals surface area contributed by atoms with Gasteiger partial charge in [0.15, 0.2) is 6.61 Å². The second kappa shape index (κ2) is 12.4. The SMILES string of the molecule is CCNC(=O)[C@H](Cc1ccccc1)N(Cc1ccc(C)cc1)C(=O)COc1ccc(OC)cc1. The number of ether oxygens (including phenoxy) is 2. The number of carbonyl (C=O) groups excluding carboxylic acids is 2. The topological polar surface area (TPSA) is 67.9 Å². The Bertz CT molecular complexity index is 1050. The highest BCUT2D eigenvalue weighted by Gasteiger charge is 2.30. The fourth-order valence-corrected chi connectivity index (χ4v) is 3.64. The molecule has 3 rings (SSSR count). The van der Waals surface area contributed by atoms with E-state index in [4.69, 9.17) is 9.47 Å². The third kappa shape index (κ3) is 7.10. The van der Waals surface area contributed by atoms with Crippen molar-refractivity contribution < 1.29 is 19.1 Å². The van der Waals surface area contributed by atoms with Crippen LogP contribution in [-0.4, -0.2) is 43.0 Å². The van der Waals surface area contributed by atoms with Gasteiger partial charge in [-0.05, 0) is 49.2 Å². The Morgan fingerprint density at radius 3 is 2.15 bits per heavy atom. The van der Waals surface area contributed by atoms with Crippen molar-refractivity contribution in [2.24, 2.45) is 0 Å². The number of nitrogens with one attached hydrogen (secondary N) is 1. The number of nitrogens with zero attached hydrogens (tertiary/aromatic N) is 1. The van der Waals surface area contributed by atoms with Crippen LogP contribution in [-0.2, 0) is 22.6 Å². The quantitative estimate of drug-likeness (QED) is 0.467. The maximum Gasteiger partial charge on any atom is 0.261 e. The zero-order chi connectivity index (χ0) is 24.3. The number of hydrogen-bond donors (Lipinski definition) is 1. The van der Waals surface area contributed by atoms with Gasteiger partial charge in [0.2, 0.25) is 5.91 Å². The molecule has 0 spiro atoms. The lowest BCUT2D eigenvalue weighted by Gasteiger charge is -2.31. The molecule has 0 heterocycles. The van der Waals surface area contributed by atoms with E-state index in [1.54, 1.807) is 36.3 Å². The number of amides is 2. The van der Waals surface area contributed by atoms with Crippen molar-refractivity contribution in [2.75, 3.05) is 20.3 Å².